The van der Waals surface area contributed by atoms with Crippen LogP contribution in [0.1, 0.15) is 0 Å². The molecule has 0 bridgehead atoms. The molecule has 0 amide bonds. The van der Waals surface area contributed by atoms with Gasteiger partial charge in [-0.05, 0) is 122 Å². The van der Waals surface area contributed by atoms with Gasteiger partial charge in [0.05, 0.1) is 0 Å². The van der Waals surface area contributed by atoms with Crippen molar-refractivity contribution in [1.82, 2.24) is 0 Å². The predicted octanol–water partition coefficient (Wildman–Crippen LogP) is 18.2. The Hall–Kier alpha value is -7.84. The van der Waals surface area contributed by atoms with Crippen LogP contribution in [0.2, 0.25) is 0 Å². The van der Waals surface area contributed by atoms with Crippen molar-refractivity contribution < 1.29 is 0 Å². The van der Waals surface area contributed by atoms with Crippen molar-refractivity contribution in [3.63, 3.8) is 0 Å². The summed E-state index contributed by atoms with van der Waals surface area (Å²) < 4.78 is 2.60. The average Bonchev–Trinajstić information content (AvgIpc) is 3.73. The van der Waals surface area contributed by atoms with Gasteiger partial charge < -0.3 is 0 Å². The summed E-state index contributed by atoms with van der Waals surface area (Å²) in [5.41, 5.74) is 12.6. The first-order chi connectivity index (χ1) is 31.3. The molecule has 0 N–H and O–H groups in total. The molecule has 0 aliphatic rings. The van der Waals surface area contributed by atoms with Crippen molar-refractivity contribution >= 4 is 85.4 Å². The van der Waals surface area contributed by atoms with Crippen LogP contribution in [0.4, 0.5) is 0 Å². The van der Waals surface area contributed by atoms with Crippen molar-refractivity contribution in [2.24, 2.45) is 0 Å². The fourth-order valence-electron chi connectivity index (χ4n) is 10.6. The summed E-state index contributed by atoms with van der Waals surface area (Å²) in [4.78, 5) is 0. The van der Waals surface area contributed by atoms with Crippen LogP contribution in [-0.2, 0) is 0 Å². The van der Waals surface area contributed by atoms with Crippen molar-refractivity contribution in [2.75, 3.05) is 0 Å². The Morgan fingerprint density at radius 3 is 1.22 bits per heavy atom. The van der Waals surface area contributed by atoms with E-state index in [1.165, 1.54) is 130 Å². The zero-order valence-electron chi connectivity index (χ0n) is 34.3. The van der Waals surface area contributed by atoms with Crippen LogP contribution >= 0.6 is 11.3 Å². The highest BCUT2D eigenvalue weighted by atomic mass is 32.1. The quantitative estimate of drug-likeness (QED) is 0.152. The minimum Gasteiger partial charge on any atom is -0.135 e. The Labute approximate surface area is 369 Å². The molecule has 0 radical (unpaired) electrons. The Balaban J connectivity index is 1.00. The lowest BCUT2D eigenvalue weighted by Crippen LogP contribution is -1.91. The van der Waals surface area contributed by atoms with Crippen molar-refractivity contribution in [3.8, 4) is 55.6 Å². The second-order valence-corrected chi connectivity index (χ2v) is 17.7. The fourth-order valence-corrected chi connectivity index (χ4v) is 11.7. The molecule has 292 valence electrons. The standard InChI is InChI=1S/C62H38S/c1-2-17-41(18-3-1)58-46-21-6-8-23-48(46)60(49-24-9-7-22-47(49)58)43-36-37-54-57(38-43)63-56-31-15-30-55(62(54)56)61-52-27-12-10-25-50(52)59(51-26-11-13-28-53(51)61)42-34-32-40(33-35-42)45-29-14-19-39-16-4-5-20-44(39)45/h1-38H. The van der Waals surface area contributed by atoms with Crippen LogP contribution in [0, 0.1) is 0 Å². The number of hydrogen-bond donors (Lipinski definition) is 0. The van der Waals surface area contributed by atoms with Crippen molar-refractivity contribution in [1.29, 1.82) is 0 Å². The molecule has 0 atom stereocenters. The van der Waals surface area contributed by atoms with Gasteiger partial charge in [0.15, 0.2) is 0 Å². The number of hydrogen-bond acceptors (Lipinski definition) is 1. The third-order valence-corrected chi connectivity index (χ3v) is 14.4. The molecule has 1 aromatic heterocycles. The summed E-state index contributed by atoms with van der Waals surface area (Å²) in [7, 11) is 0. The molecule has 12 aromatic carbocycles. The Bertz CT molecular complexity index is 3830. The number of thiophene rings is 1. The first-order valence-corrected chi connectivity index (χ1v) is 22.6. The molecule has 63 heavy (non-hydrogen) atoms. The average molecular weight is 815 g/mol. The van der Waals surface area contributed by atoms with E-state index in [9.17, 15) is 0 Å². The second-order valence-electron chi connectivity index (χ2n) is 16.6. The fraction of sp³-hybridized carbons (Fsp3) is 0. The SMILES string of the molecule is c1ccc(-c2c3ccccc3c(-c3ccc4c(c3)sc3cccc(-c5c6ccccc6c(-c6ccc(-c7cccc8ccccc78)cc6)c6ccccc56)c34)c3ccccc23)cc1. The molecule has 0 nitrogen and oxygen atoms in total. The van der Waals surface area contributed by atoms with Crippen LogP contribution in [0.5, 0.6) is 0 Å². The molecule has 0 aliphatic heterocycles. The lowest BCUT2D eigenvalue weighted by Gasteiger charge is -2.19. The maximum absolute atomic E-state index is 2.45. The zero-order valence-corrected chi connectivity index (χ0v) is 35.2. The van der Waals surface area contributed by atoms with Gasteiger partial charge in [-0.25, -0.2) is 0 Å². The maximum atomic E-state index is 2.45. The van der Waals surface area contributed by atoms with Crippen molar-refractivity contribution in [2.45, 2.75) is 0 Å². The number of fused-ring (bicyclic) bond motifs is 8. The van der Waals surface area contributed by atoms with E-state index in [0.29, 0.717) is 0 Å². The lowest BCUT2D eigenvalue weighted by molar-refractivity contribution is 1.63. The van der Waals surface area contributed by atoms with E-state index in [2.05, 4.69) is 231 Å². The molecule has 0 saturated carbocycles. The summed E-state index contributed by atoms with van der Waals surface area (Å²) in [5, 5.41) is 15.3. The van der Waals surface area contributed by atoms with Gasteiger partial charge in [0, 0.05) is 20.2 Å². The molecule has 13 rings (SSSR count). The maximum Gasteiger partial charge on any atom is 0.0361 e. The third-order valence-electron chi connectivity index (χ3n) is 13.3. The predicted molar refractivity (Wildman–Crippen MR) is 274 cm³/mol. The van der Waals surface area contributed by atoms with E-state index >= 15 is 0 Å². The van der Waals surface area contributed by atoms with Gasteiger partial charge in [0.2, 0.25) is 0 Å². The minimum absolute atomic E-state index is 1.22. The summed E-state index contributed by atoms with van der Waals surface area (Å²) in [6.45, 7) is 0. The third kappa shape index (κ3) is 5.60. The highest BCUT2D eigenvalue weighted by Gasteiger charge is 2.21. The van der Waals surface area contributed by atoms with Crippen LogP contribution in [0.3, 0.4) is 0 Å². The molecule has 13 aromatic rings. The zero-order chi connectivity index (χ0) is 41.4. The number of rotatable bonds is 5. The van der Waals surface area contributed by atoms with E-state index in [4.69, 9.17) is 0 Å². The van der Waals surface area contributed by atoms with Gasteiger partial charge in [0.1, 0.15) is 0 Å². The highest BCUT2D eigenvalue weighted by Crippen LogP contribution is 2.50. The monoisotopic (exact) mass is 814 g/mol. The van der Waals surface area contributed by atoms with Gasteiger partial charge >= 0.3 is 0 Å². The lowest BCUT2D eigenvalue weighted by atomic mass is 9.84. The minimum atomic E-state index is 1.22. The van der Waals surface area contributed by atoms with E-state index < -0.39 is 0 Å². The van der Waals surface area contributed by atoms with Gasteiger partial charge in [-0.15, -0.1) is 11.3 Å². The molecule has 0 aliphatic carbocycles. The molecule has 0 unspecified atom stereocenters. The summed E-state index contributed by atoms with van der Waals surface area (Å²) in [6, 6.07) is 85.4. The van der Waals surface area contributed by atoms with Crippen LogP contribution in [-0.4, -0.2) is 0 Å². The van der Waals surface area contributed by atoms with Crippen LogP contribution in [0.25, 0.3) is 130 Å². The molecule has 0 fully saturated rings. The molecule has 0 saturated heterocycles. The molecule has 1 heteroatoms. The largest absolute Gasteiger partial charge is 0.135 e. The molecular weight excluding hydrogens is 777 g/mol. The van der Waals surface area contributed by atoms with Crippen LogP contribution < -0.4 is 0 Å². The Kier molecular flexibility index (Phi) is 8.19. The Morgan fingerprint density at radius 2 is 0.635 bits per heavy atom. The van der Waals surface area contributed by atoms with E-state index in [1.807, 2.05) is 11.3 Å². The van der Waals surface area contributed by atoms with Gasteiger partial charge in [-0.3, -0.25) is 0 Å². The van der Waals surface area contributed by atoms with E-state index in [1.54, 1.807) is 0 Å². The normalized spacial score (nSPS) is 11.8. The van der Waals surface area contributed by atoms with Crippen LogP contribution in [0.15, 0.2) is 231 Å². The van der Waals surface area contributed by atoms with E-state index in [0.717, 1.165) is 0 Å². The van der Waals surface area contributed by atoms with Gasteiger partial charge in [0.25, 0.3) is 0 Å². The number of benzene rings is 12. The Morgan fingerprint density at radius 1 is 0.222 bits per heavy atom. The second kappa shape index (κ2) is 14.4. The first kappa shape index (κ1) is 35.9. The smallest absolute Gasteiger partial charge is 0.0361 e. The first-order valence-electron chi connectivity index (χ1n) is 21.8. The summed E-state index contributed by atoms with van der Waals surface area (Å²) >= 11 is 1.90. The van der Waals surface area contributed by atoms with E-state index in [-0.39, 0.29) is 0 Å². The summed E-state index contributed by atoms with van der Waals surface area (Å²) in [6.07, 6.45) is 0. The van der Waals surface area contributed by atoms with Crippen molar-refractivity contribution in [3.05, 3.63) is 231 Å². The van der Waals surface area contributed by atoms with Gasteiger partial charge in [-0.1, -0.05) is 218 Å². The highest BCUT2D eigenvalue weighted by molar-refractivity contribution is 7.26. The summed E-state index contributed by atoms with van der Waals surface area (Å²) in [5.74, 6) is 0. The molecule has 0 spiro atoms. The molecular formula is C62H38S. The topological polar surface area (TPSA) is 0 Å². The molecule has 1 heterocycles. The van der Waals surface area contributed by atoms with Gasteiger partial charge in [-0.2, -0.15) is 0 Å².